The number of ether oxygens (including phenoxy) is 3. The van der Waals surface area contributed by atoms with Crippen molar-refractivity contribution in [1.29, 1.82) is 0 Å². The largest absolute Gasteiger partial charge is 0.493 e. The summed E-state index contributed by atoms with van der Waals surface area (Å²) in [5.41, 5.74) is 2.31. The fourth-order valence-corrected chi connectivity index (χ4v) is 2.55. The summed E-state index contributed by atoms with van der Waals surface area (Å²) < 4.78 is 16.1. The van der Waals surface area contributed by atoms with Gasteiger partial charge in [0.05, 0.1) is 21.3 Å². The van der Waals surface area contributed by atoms with Crippen LogP contribution in [0.3, 0.4) is 0 Å². The Bertz CT molecular complexity index is 588. The van der Waals surface area contributed by atoms with Gasteiger partial charge in [0.25, 0.3) is 0 Å². The van der Waals surface area contributed by atoms with Crippen LogP contribution in [0.15, 0.2) is 42.5 Å². The molecule has 4 nitrogen and oxygen atoms in total. The van der Waals surface area contributed by atoms with Crippen LogP contribution in [0.4, 0.5) is 5.69 Å². The van der Waals surface area contributed by atoms with Gasteiger partial charge in [-0.15, -0.1) is 0 Å². The van der Waals surface area contributed by atoms with Crippen molar-refractivity contribution in [3.63, 3.8) is 0 Å². The molecule has 0 heterocycles. The lowest BCUT2D eigenvalue weighted by molar-refractivity contribution is 0.324. The van der Waals surface area contributed by atoms with Crippen LogP contribution in [0.1, 0.15) is 18.9 Å². The second-order valence-electron chi connectivity index (χ2n) is 5.48. The summed E-state index contributed by atoms with van der Waals surface area (Å²) in [5.74, 6) is 1.92. The number of hydrogen-bond donors (Lipinski definition) is 1. The minimum atomic E-state index is 0.331. The average molecular weight is 315 g/mol. The molecule has 0 saturated heterocycles. The zero-order valence-corrected chi connectivity index (χ0v) is 14.3. The van der Waals surface area contributed by atoms with Crippen LogP contribution in [0.25, 0.3) is 0 Å². The lowest BCUT2D eigenvalue weighted by atomic mass is 10.1. The molecule has 0 aliphatic heterocycles. The standard InChI is InChI=1S/C19H25NO3/c1-14(10-11-15-8-6-5-7-9-15)20-16-12-17(21-2)19(23-4)18(13-16)22-3/h5-9,12-14,20H,10-11H2,1-4H3/t14-/m1/s1. The van der Waals surface area contributed by atoms with Crippen LogP contribution in [-0.2, 0) is 6.42 Å². The van der Waals surface area contributed by atoms with Crippen LogP contribution in [0.5, 0.6) is 17.2 Å². The molecule has 0 amide bonds. The number of benzene rings is 2. The normalized spacial score (nSPS) is 11.7. The smallest absolute Gasteiger partial charge is 0.203 e. The maximum absolute atomic E-state index is 5.39. The van der Waals surface area contributed by atoms with Crippen LogP contribution in [0.2, 0.25) is 0 Å². The highest BCUT2D eigenvalue weighted by Gasteiger charge is 2.14. The molecule has 23 heavy (non-hydrogen) atoms. The van der Waals surface area contributed by atoms with Crippen molar-refractivity contribution in [2.24, 2.45) is 0 Å². The molecule has 1 atom stereocenters. The summed E-state index contributed by atoms with van der Waals surface area (Å²) in [4.78, 5) is 0. The van der Waals surface area contributed by atoms with Gasteiger partial charge in [0, 0.05) is 23.9 Å². The van der Waals surface area contributed by atoms with Crippen LogP contribution in [0, 0.1) is 0 Å². The Morgan fingerprint density at radius 3 is 2.04 bits per heavy atom. The molecule has 4 heteroatoms. The van der Waals surface area contributed by atoms with Crippen LogP contribution >= 0.6 is 0 Å². The Hall–Kier alpha value is -2.36. The number of hydrogen-bond acceptors (Lipinski definition) is 4. The summed E-state index contributed by atoms with van der Waals surface area (Å²) in [5, 5.41) is 3.50. The van der Waals surface area contributed by atoms with Gasteiger partial charge in [0.15, 0.2) is 11.5 Å². The van der Waals surface area contributed by atoms with E-state index in [-0.39, 0.29) is 0 Å². The molecule has 0 aliphatic carbocycles. The third kappa shape index (κ3) is 4.55. The zero-order chi connectivity index (χ0) is 16.7. The summed E-state index contributed by atoms with van der Waals surface area (Å²) in [6.07, 6.45) is 2.08. The van der Waals surface area contributed by atoms with Gasteiger partial charge in [0.1, 0.15) is 0 Å². The molecule has 0 spiro atoms. The zero-order valence-electron chi connectivity index (χ0n) is 14.3. The third-order valence-electron chi connectivity index (χ3n) is 3.79. The SMILES string of the molecule is COc1cc(N[C@H](C)CCc2ccccc2)cc(OC)c1OC. The van der Waals surface area contributed by atoms with E-state index < -0.39 is 0 Å². The van der Waals surface area contributed by atoms with Crippen molar-refractivity contribution < 1.29 is 14.2 Å². The molecule has 0 aliphatic rings. The van der Waals surface area contributed by atoms with E-state index in [0.29, 0.717) is 23.3 Å². The first-order valence-electron chi connectivity index (χ1n) is 7.78. The molecule has 0 bridgehead atoms. The Labute approximate surface area is 138 Å². The van der Waals surface area contributed by atoms with E-state index in [0.717, 1.165) is 18.5 Å². The summed E-state index contributed by atoms with van der Waals surface area (Å²) in [6.45, 7) is 2.17. The first-order chi connectivity index (χ1) is 11.2. The van der Waals surface area contributed by atoms with E-state index in [4.69, 9.17) is 14.2 Å². The predicted molar refractivity (Wildman–Crippen MR) is 93.9 cm³/mol. The van der Waals surface area contributed by atoms with Crippen molar-refractivity contribution in [1.82, 2.24) is 0 Å². The highest BCUT2D eigenvalue weighted by atomic mass is 16.5. The van der Waals surface area contributed by atoms with Crippen molar-refractivity contribution in [2.45, 2.75) is 25.8 Å². The number of aryl methyl sites for hydroxylation is 1. The maximum Gasteiger partial charge on any atom is 0.203 e. The lowest BCUT2D eigenvalue weighted by Crippen LogP contribution is -2.16. The second kappa shape index (κ2) is 8.32. The second-order valence-corrected chi connectivity index (χ2v) is 5.48. The molecule has 2 aromatic carbocycles. The number of nitrogens with one attached hydrogen (secondary N) is 1. The van der Waals surface area contributed by atoms with E-state index in [2.05, 4.69) is 36.5 Å². The van der Waals surface area contributed by atoms with Gasteiger partial charge in [-0.1, -0.05) is 30.3 Å². The van der Waals surface area contributed by atoms with Crippen molar-refractivity contribution in [3.05, 3.63) is 48.0 Å². The average Bonchev–Trinajstić information content (AvgIpc) is 2.59. The van der Waals surface area contributed by atoms with Crippen molar-refractivity contribution >= 4 is 5.69 Å². The lowest BCUT2D eigenvalue weighted by Gasteiger charge is -2.18. The number of methoxy groups -OCH3 is 3. The quantitative estimate of drug-likeness (QED) is 0.794. The topological polar surface area (TPSA) is 39.7 Å². The maximum atomic E-state index is 5.39. The molecule has 2 rings (SSSR count). The monoisotopic (exact) mass is 315 g/mol. The minimum Gasteiger partial charge on any atom is -0.493 e. The molecule has 0 aromatic heterocycles. The molecule has 1 N–H and O–H groups in total. The van der Waals surface area contributed by atoms with Crippen molar-refractivity contribution in [2.75, 3.05) is 26.6 Å². The van der Waals surface area contributed by atoms with Gasteiger partial charge < -0.3 is 19.5 Å². The Balaban J connectivity index is 2.04. The molecule has 0 fully saturated rings. The van der Waals surface area contributed by atoms with E-state index in [1.165, 1.54) is 5.56 Å². The third-order valence-corrected chi connectivity index (χ3v) is 3.79. The minimum absolute atomic E-state index is 0.331. The Kier molecular flexibility index (Phi) is 6.15. The molecule has 0 radical (unpaired) electrons. The Morgan fingerprint density at radius 2 is 1.52 bits per heavy atom. The van der Waals surface area contributed by atoms with E-state index in [1.807, 2.05) is 18.2 Å². The molecule has 2 aromatic rings. The van der Waals surface area contributed by atoms with E-state index in [9.17, 15) is 0 Å². The fraction of sp³-hybridized carbons (Fsp3) is 0.368. The fourth-order valence-electron chi connectivity index (χ4n) is 2.55. The van der Waals surface area contributed by atoms with E-state index >= 15 is 0 Å². The number of anilines is 1. The van der Waals surface area contributed by atoms with Crippen LogP contribution in [-0.4, -0.2) is 27.4 Å². The van der Waals surface area contributed by atoms with Gasteiger partial charge >= 0.3 is 0 Å². The summed E-state index contributed by atoms with van der Waals surface area (Å²) >= 11 is 0. The van der Waals surface area contributed by atoms with Gasteiger partial charge in [-0.3, -0.25) is 0 Å². The highest BCUT2D eigenvalue weighted by molar-refractivity contribution is 5.62. The van der Waals surface area contributed by atoms with Crippen molar-refractivity contribution in [3.8, 4) is 17.2 Å². The molecular formula is C19H25NO3. The number of rotatable bonds is 8. The first kappa shape index (κ1) is 17.0. The van der Waals surface area contributed by atoms with Gasteiger partial charge in [-0.2, -0.15) is 0 Å². The predicted octanol–water partition coefficient (Wildman–Crippen LogP) is 4.15. The molecule has 0 unspecified atom stereocenters. The molecule has 124 valence electrons. The van der Waals surface area contributed by atoms with E-state index in [1.54, 1.807) is 21.3 Å². The van der Waals surface area contributed by atoms with Gasteiger partial charge in [-0.05, 0) is 25.3 Å². The molecular weight excluding hydrogens is 290 g/mol. The van der Waals surface area contributed by atoms with Gasteiger partial charge in [0.2, 0.25) is 5.75 Å². The van der Waals surface area contributed by atoms with Gasteiger partial charge in [-0.25, -0.2) is 0 Å². The summed E-state index contributed by atoms with van der Waals surface area (Å²) in [7, 11) is 4.86. The highest BCUT2D eigenvalue weighted by Crippen LogP contribution is 2.40. The summed E-state index contributed by atoms with van der Waals surface area (Å²) in [6, 6.07) is 14.7. The van der Waals surface area contributed by atoms with Crippen LogP contribution < -0.4 is 19.5 Å². The molecule has 0 saturated carbocycles. The first-order valence-corrected chi connectivity index (χ1v) is 7.78. The Morgan fingerprint density at radius 1 is 0.913 bits per heavy atom.